The normalized spacial score (nSPS) is 15.9. The second-order valence-electron chi connectivity index (χ2n) is 5.92. The minimum atomic E-state index is 0.276. The third kappa shape index (κ3) is 3.88. The second kappa shape index (κ2) is 4.51. The molecule has 0 radical (unpaired) electrons. The van der Waals surface area contributed by atoms with E-state index in [-0.39, 0.29) is 5.41 Å². The Bertz CT molecular complexity index is 394. The lowest BCUT2D eigenvalue weighted by atomic mass is 9.93. The van der Waals surface area contributed by atoms with Gasteiger partial charge in [-0.3, -0.25) is 0 Å². The van der Waals surface area contributed by atoms with Gasteiger partial charge in [0.2, 0.25) is 5.88 Å². The molecule has 1 heterocycles. The molecule has 17 heavy (non-hydrogen) atoms. The van der Waals surface area contributed by atoms with Gasteiger partial charge < -0.3 is 10.5 Å². The third-order valence-corrected chi connectivity index (χ3v) is 2.78. The molecule has 0 aromatic carbocycles. The number of anilines is 1. The van der Waals surface area contributed by atoms with E-state index in [0.29, 0.717) is 24.2 Å². The Kier molecular flexibility index (Phi) is 3.22. The first-order valence-corrected chi connectivity index (χ1v) is 6.21. The first-order chi connectivity index (χ1) is 7.94. The SMILES string of the molecule is CC(C)(C)CCOc1cc(N)nc(C2CC2)n1. The molecule has 1 saturated carbocycles. The van der Waals surface area contributed by atoms with Gasteiger partial charge in [0.15, 0.2) is 0 Å². The number of aromatic nitrogens is 2. The van der Waals surface area contributed by atoms with Crippen molar-refractivity contribution < 1.29 is 4.74 Å². The molecule has 4 heteroatoms. The standard InChI is InChI=1S/C13H21N3O/c1-13(2,3)6-7-17-11-8-10(14)15-12(16-11)9-4-5-9/h8-9H,4-7H2,1-3H3,(H2,14,15,16). The van der Waals surface area contributed by atoms with Crippen LogP contribution < -0.4 is 10.5 Å². The van der Waals surface area contributed by atoms with Crippen LogP contribution in [0.25, 0.3) is 0 Å². The van der Waals surface area contributed by atoms with Crippen LogP contribution in [-0.2, 0) is 0 Å². The summed E-state index contributed by atoms with van der Waals surface area (Å²) in [5.74, 6) is 2.47. The molecule has 0 amide bonds. The summed E-state index contributed by atoms with van der Waals surface area (Å²) in [6, 6.07) is 1.70. The van der Waals surface area contributed by atoms with Crippen molar-refractivity contribution in [1.29, 1.82) is 0 Å². The van der Waals surface area contributed by atoms with Crippen molar-refractivity contribution in [2.45, 2.75) is 46.0 Å². The lowest BCUT2D eigenvalue weighted by Crippen LogP contribution is -2.12. The van der Waals surface area contributed by atoms with E-state index in [1.165, 1.54) is 12.8 Å². The van der Waals surface area contributed by atoms with Gasteiger partial charge in [0.05, 0.1) is 6.61 Å². The van der Waals surface area contributed by atoms with Gasteiger partial charge in [-0.25, -0.2) is 4.98 Å². The average Bonchev–Trinajstić information content (AvgIpc) is 2.97. The fraction of sp³-hybridized carbons (Fsp3) is 0.692. The smallest absolute Gasteiger partial charge is 0.218 e. The van der Waals surface area contributed by atoms with Crippen molar-refractivity contribution in [3.8, 4) is 5.88 Å². The molecule has 0 spiro atoms. The first kappa shape index (κ1) is 12.1. The number of nitrogens with two attached hydrogens (primary N) is 1. The van der Waals surface area contributed by atoms with E-state index in [0.717, 1.165) is 12.2 Å². The van der Waals surface area contributed by atoms with Crippen LogP contribution in [0.1, 0.15) is 51.8 Å². The lowest BCUT2D eigenvalue weighted by Gasteiger charge is -2.17. The Balaban J connectivity index is 1.95. The van der Waals surface area contributed by atoms with Gasteiger partial charge in [-0.2, -0.15) is 4.98 Å². The molecule has 1 aliphatic rings. The molecule has 1 fully saturated rings. The zero-order chi connectivity index (χ0) is 12.5. The van der Waals surface area contributed by atoms with Crippen LogP contribution in [0.5, 0.6) is 5.88 Å². The Hall–Kier alpha value is -1.32. The number of hydrogen-bond acceptors (Lipinski definition) is 4. The average molecular weight is 235 g/mol. The van der Waals surface area contributed by atoms with Gasteiger partial charge in [0.1, 0.15) is 11.6 Å². The lowest BCUT2D eigenvalue weighted by molar-refractivity contribution is 0.235. The molecule has 4 nitrogen and oxygen atoms in total. The summed E-state index contributed by atoms with van der Waals surface area (Å²) in [5, 5.41) is 0. The summed E-state index contributed by atoms with van der Waals surface area (Å²) in [7, 11) is 0. The minimum Gasteiger partial charge on any atom is -0.478 e. The molecule has 0 aliphatic heterocycles. The minimum absolute atomic E-state index is 0.276. The number of rotatable bonds is 4. The monoisotopic (exact) mass is 235 g/mol. The summed E-state index contributed by atoms with van der Waals surface area (Å²) in [6.45, 7) is 7.25. The predicted molar refractivity (Wildman–Crippen MR) is 68.0 cm³/mol. The first-order valence-electron chi connectivity index (χ1n) is 6.21. The molecule has 94 valence electrons. The Labute approximate surface area is 103 Å². The summed E-state index contributed by atoms with van der Waals surface area (Å²) < 4.78 is 5.65. The molecule has 2 N–H and O–H groups in total. The highest BCUT2D eigenvalue weighted by atomic mass is 16.5. The maximum atomic E-state index is 5.75. The molecule has 1 aromatic rings. The van der Waals surface area contributed by atoms with Crippen LogP contribution >= 0.6 is 0 Å². The van der Waals surface area contributed by atoms with E-state index in [2.05, 4.69) is 30.7 Å². The van der Waals surface area contributed by atoms with E-state index in [1.54, 1.807) is 6.07 Å². The molecule has 0 bridgehead atoms. The molecule has 2 rings (SSSR count). The van der Waals surface area contributed by atoms with Gasteiger partial charge in [-0.15, -0.1) is 0 Å². The zero-order valence-electron chi connectivity index (χ0n) is 10.9. The number of nitrogens with zero attached hydrogens (tertiary/aromatic N) is 2. The van der Waals surface area contributed by atoms with E-state index >= 15 is 0 Å². The Morgan fingerprint density at radius 3 is 2.65 bits per heavy atom. The quantitative estimate of drug-likeness (QED) is 0.871. The fourth-order valence-electron chi connectivity index (χ4n) is 1.52. The molecule has 1 aliphatic carbocycles. The van der Waals surface area contributed by atoms with E-state index < -0.39 is 0 Å². The van der Waals surface area contributed by atoms with Gasteiger partial charge in [-0.1, -0.05) is 20.8 Å². The maximum Gasteiger partial charge on any atom is 0.218 e. The number of ether oxygens (including phenoxy) is 1. The molecule has 1 aromatic heterocycles. The van der Waals surface area contributed by atoms with Crippen LogP contribution in [-0.4, -0.2) is 16.6 Å². The second-order valence-corrected chi connectivity index (χ2v) is 5.92. The van der Waals surface area contributed by atoms with Crippen LogP contribution in [0.3, 0.4) is 0 Å². The third-order valence-electron chi connectivity index (χ3n) is 2.78. The molecule has 0 atom stereocenters. The molecule has 0 saturated heterocycles. The highest BCUT2D eigenvalue weighted by Gasteiger charge is 2.27. The number of nitrogen functional groups attached to an aromatic ring is 1. The van der Waals surface area contributed by atoms with Gasteiger partial charge >= 0.3 is 0 Å². The molecule has 0 unspecified atom stereocenters. The van der Waals surface area contributed by atoms with Gasteiger partial charge in [-0.05, 0) is 24.7 Å². The predicted octanol–water partition coefficient (Wildman–Crippen LogP) is 2.75. The molecular weight excluding hydrogens is 214 g/mol. The highest BCUT2D eigenvalue weighted by molar-refractivity contribution is 5.34. The number of hydrogen-bond donors (Lipinski definition) is 1. The van der Waals surface area contributed by atoms with E-state index in [4.69, 9.17) is 10.5 Å². The van der Waals surface area contributed by atoms with Crippen molar-refractivity contribution >= 4 is 5.82 Å². The van der Waals surface area contributed by atoms with Crippen molar-refractivity contribution in [2.24, 2.45) is 5.41 Å². The van der Waals surface area contributed by atoms with Gasteiger partial charge in [0.25, 0.3) is 0 Å². The molecular formula is C13H21N3O. The Morgan fingerprint density at radius 1 is 1.35 bits per heavy atom. The van der Waals surface area contributed by atoms with Gasteiger partial charge in [0, 0.05) is 12.0 Å². The largest absolute Gasteiger partial charge is 0.478 e. The van der Waals surface area contributed by atoms with Crippen molar-refractivity contribution in [3.63, 3.8) is 0 Å². The maximum absolute atomic E-state index is 5.75. The summed E-state index contributed by atoms with van der Waals surface area (Å²) in [6.07, 6.45) is 3.34. The topological polar surface area (TPSA) is 61.0 Å². The van der Waals surface area contributed by atoms with E-state index in [9.17, 15) is 0 Å². The fourth-order valence-corrected chi connectivity index (χ4v) is 1.52. The van der Waals surface area contributed by atoms with Crippen LogP contribution in [0.4, 0.5) is 5.82 Å². The van der Waals surface area contributed by atoms with Crippen molar-refractivity contribution in [1.82, 2.24) is 9.97 Å². The summed E-state index contributed by atoms with van der Waals surface area (Å²) in [5.41, 5.74) is 6.03. The zero-order valence-corrected chi connectivity index (χ0v) is 10.9. The van der Waals surface area contributed by atoms with Crippen molar-refractivity contribution in [3.05, 3.63) is 11.9 Å². The van der Waals surface area contributed by atoms with Crippen LogP contribution in [0.2, 0.25) is 0 Å². The van der Waals surface area contributed by atoms with Crippen LogP contribution in [0.15, 0.2) is 6.07 Å². The Morgan fingerprint density at radius 2 is 2.06 bits per heavy atom. The highest BCUT2D eigenvalue weighted by Crippen LogP contribution is 2.38. The van der Waals surface area contributed by atoms with Crippen molar-refractivity contribution in [2.75, 3.05) is 12.3 Å². The van der Waals surface area contributed by atoms with Crippen LogP contribution in [0, 0.1) is 5.41 Å². The summed E-state index contributed by atoms with van der Waals surface area (Å²) >= 11 is 0. The summed E-state index contributed by atoms with van der Waals surface area (Å²) in [4.78, 5) is 8.64. The van der Waals surface area contributed by atoms with E-state index in [1.807, 2.05) is 0 Å².